The fraction of sp³-hybridized carbons (Fsp3) is 0.320. The first-order valence-corrected chi connectivity index (χ1v) is 12.3. The number of nitrogens with zero attached hydrogens (tertiary/aromatic N) is 2. The molecule has 158 valence electrons. The summed E-state index contributed by atoms with van der Waals surface area (Å²) in [5, 5.41) is 5.66. The van der Waals surface area contributed by atoms with Crippen molar-refractivity contribution >= 4 is 46.2 Å². The predicted molar refractivity (Wildman–Crippen MR) is 137 cm³/mol. The topological polar surface area (TPSA) is 15.6 Å². The second-order valence-corrected chi connectivity index (χ2v) is 9.40. The smallest absolute Gasteiger partial charge is 0.131 e. The average Bonchev–Trinajstić information content (AvgIpc) is 3.47. The number of aliphatic imine (C=N–C) groups is 1. The van der Waals surface area contributed by atoms with E-state index in [2.05, 4.69) is 89.4 Å². The van der Waals surface area contributed by atoms with Gasteiger partial charge in [-0.1, -0.05) is 67.1 Å². The number of hydrogen-bond acceptors (Lipinski definition) is 4. The molecule has 1 atom stereocenters. The number of benzene rings is 2. The Morgan fingerprint density at radius 2 is 1.63 bits per heavy atom. The van der Waals surface area contributed by atoms with Gasteiger partial charge in [-0.2, -0.15) is 11.3 Å². The average molecular weight is 457 g/mol. The van der Waals surface area contributed by atoms with Gasteiger partial charge in [0, 0.05) is 29.8 Å². The summed E-state index contributed by atoms with van der Waals surface area (Å²) in [7, 11) is 2.16. The molecule has 0 saturated carbocycles. The lowest BCUT2D eigenvalue weighted by Gasteiger charge is -2.22. The van der Waals surface area contributed by atoms with E-state index in [0.29, 0.717) is 5.92 Å². The molecule has 0 saturated heterocycles. The second kappa shape index (κ2) is 11.6. The van der Waals surface area contributed by atoms with Crippen molar-refractivity contribution in [1.29, 1.82) is 0 Å². The number of hydrogen-bond donors (Lipinski definition) is 0. The van der Waals surface area contributed by atoms with Crippen LogP contribution < -0.4 is 4.90 Å². The first-order chi connectivity index (χ1) is 14.3. The molecule has 0 spiro atoms. The molecule has 2 nitrogen and oxygen atoms in total. The fourth-order valence-corrected chi connectivity index (χ4v) is 5.70. The number of rotatable bonds is 9. The highest BCUT2D eigenvalue weighted by atomic mass is 35.5. The van der Waals surface area contributed by atoms with Gasteiger partial charge in [-0.05, 0) is 41.8 Å². The van der Waals surface area contributed by atoms with E-state index in [-0.39, 0.29) is 18.6 Å². The first-order valence-electron chi connectivity index (χ1n) is 10.4. The third-order valence-electron chi connectivity index (χ3n) is 5.59. The minimum absolute atomic E-state index is 0. The molecule has 2 heterocycles. The summed E-state index contributed by atoms with van der Waals surface area (Å²) in [6.07, 6.45) is 5.00. The van der Waals surface area contributed by atoms with E-state index in [9.17, 15) is 0 Å². The third-order valence-corrected chi connectivity index (χ3v) is 7.37. The lowest BCUT2D eigenvalue weighted by atomic mass is 9.87. The molecule has 0 aliphatic carbocycles. The molecule has 1 aliphatic rings. The molecule has 0 radical (unpaired) electrons. The molecule has 5 heteroatoms. The van der Waals surface area contributed by atoms with E-state index in [4.69, 9.17) is 4.99 Å². The minimum Gasteiger partial charge on any atom is -0.351 e. The van der Waals surface area contributed by atoms with E-state index in [1.807, 2.05) is 11.8 Å². The van der Waals surface area contributed by atoms with Crippen LogP contribution in [-0.2, 0) is 0 Å². The van der Waals surface area contributed by atoms with Crippen molar-refractivity contribution in [3.8, 4) is 0 Å². The van der Waals surface area contributed by atoms with Crippen molar-refractivity contribution in [2.75, 3.05) is 17.7 Å². The van der Waals surface area contributed by atoms with Crippen LogP contribution in [0.25, 0.3) is 0 Å². The maximum atomic E-state index is 4.99. The number of halogens is 1. The van der Waals surface area contributed by atoms with E-state index >= 15 is 0 Å². The van der Waals surface area contributed by atoms with Crippen LogP contribution in [-0.4, -0.2) is 24.0 Å². The molecule has 1 unspecified atom stereocenters. The molecule has 0 N–H and O–H groups in total. The summed E-state index contributed by atoms with van der Waals surface area (Å²) < 4.78 is 0. The lowest BCUT2D eigenvalue weighted by molar-refractivity contribution is 0.637. The lowest BCUT2D eigenvalue weighted by Crippen LogP contribution is -2.29. The molecule has 1 aliphatic heterocycles. The maximum Gasteiger partial charge on any atom is 0.131 e. The quantitative estimate of drug-likeness (QED) is 0.310. The Bertz CT molecular complexity index is 858. The Labute approximate surface area is 194 Å². The Hall–Kier alpha value is -1.75. The monoisotopic (exact) mass is 456 g/mol. The predicted octanol–water partition coefficient (Wildman–Crippen LogP) is 7.47. The second-order valence-electron chi connectivity index (χ2n) is 7.53. The Morgan fingerprint density at radius 1 is 0.967 bits per heavy atom. The van der Waals surface area contributed by atoms with Gasteiger partial charge in [-0.3, -0.25) is 4.99 Å². The standard InChI is InChI=1S/C25H28N2S2.ClH/c1-27(22-16-17-28-18-22)24-19-29-25(26-24)15-9-8-14-23(20-10-4-2-5-11-20)21-12-6-3-7-13-21;/h2-7,10-13,16-18,23-24H,8-9,14-15,19H2,1H3;1H. The van der Waals surface area contributed by atoms with Crippen LogP contribution in [0.4, 0.5) is 5.69 Å². The first kappa shape index (κ1) is 22.9. The summed E-state index contributed by atoms with van der Waals surface area (Å²) in [6.45, 7) is 0. The minimum atomic E-state index is 0. The third kappa shape index (κ3) is 5.90. The fourth-order valence-electron chi connectivity index (χ4n) is 3.90. The SMILES string of the molecule is CN(c1ccsc1)C1CSC(CCCCC(c2ccccc2)c2ccccc2)=N1.Cl. The van der Waals surface area contributed by atoms with Gasteiger partial charge in [0.25, 0.3) is 0 Å². The summed E-state index contributed by atoms with van der Waals surface area (Å²) in [6, 6.07) is 24.0. The number of anilines is 1. The van der Waals surface area contributed by atoms with Gasteiger partial charge >= 0.3 is 0 Å². The van der Waals surface area contributed by atoms with Crippen molar-refractivity contribution in [1.82, 2.24) is 0 Å². The molecule has 4 rings (SSSR count). The van der Waals surface area contributed by atoms with Crippen molar-refractivity contribution in [2.24, 2.45) is 4.99 Å². The zero-order valence-electron chi connectivity index (χ0n) is 17.3. The van der Waals surface area contributed by atoms with Crippen LogP contribution in [0, 0.1) is 0 Å². The molecular weight excluding hydrogens is 428 g/mol. The summed E-state index contributed by atoms with van der Waals surface area (Å²) in [5.74, 6) is 1.55. The Kier molecular flexibility index (Phi) is 8.86. The van der Waals surface area contributed by atoms with Gasteiger partial charge in [0.15, 0.2) is 0 Å². The van der Waals surface area contributed by atoms with Crippen LogP contribution in [0.2, 0.25) is 0 Å². The van der Waals surface area contributed by atoms with Gasteiger partial charge in [-0.25, -0.2) is 0 Å². The molecule has 0 fully saturated rings. The largest absolute Gasteiger partial charge is 0.351 e. The Morgan fingerprint density at radius 3 is 2.23 bits per heavy atom. The zero-order valence-corrected chi connectivity index (χ0v) is 19.8. The van der Waals surface area contributed by atoms with Crippen molar-refractivity contribution in [3.05, 3.63) is 88.6 Å². The van der Waals surface area contributed by atoms with E-state index < -0.39 is 0 Å². The van der Waals surface area contributed by atoms with Crippen LogP contribution in [0.3, 0.4) is 0 Å². The van der Waals surface area contributed by atoms with Crippen LogP contribution in [0.1, 0.15) is 42.7 Å². The van der Waals surface area contributed by atoms with Gasteiger partial charge in [0.1, 0.15) is 6.17 Å². The molecule has 2 aromatic carbocycles. The molecule has 1 aromatic heterocycles. The molecule has 3 aromatic rings. The normalized spacial score (nSPS) is 15.7. The summed E-state index contributed by atoms with van der Waals surface area (Å²) in [5.41, 5.74) is 4.12. The van der Waals surface area contributed by atoms with Crippen LogP contribution in [0.5, 0.6) is 0 Å². The van der Waals surface area contributed by atoms with Gasteiger partial charge in [0.05, 0.1) is 5.04 Å². The van der Waals surface area contributed by atoms with E-state index in [0.717, 1.165) is 12.2 Å². The highest BCUT2D eigenvalue weighted by molar-refractivity contribution is 8.14. The Balaban J connectivity index is 0.00000256. The highest BCUT2D eigenvalue weighted by Crippen LogP contribution is 2.31. The molecular formula is C25H29ClN2S2. The van der Waals surface area contributed by atoms with Crippen LogP contribution >= 0.6 is 35.5 Å². The van der Waals surface area contributed by atoms with Crippen LogP contribution in [0.15, 0.2) is 82.5 Å². The van der Waals surface area contributed by atoms with E-state index in [1.165, 1.54) is 41.1 Å². The zero-order chi connectivity index (χ0) is 19.9. The van der Waals surface area contributed by atoms with Crippen molar-refractivity contribution in [3.63, 3.8) is 0 Å². The van der Waals surface area contributed by atoms with Gasteiger partial charge in [-0.15, -0.1) is 24.2 Å². The highest BCUT2D eigenvalue weighted by Gasteiger charge is 2.22. The number of thiophene rings is 1. The summed E-state index contributed by atoms with van der Waals surface area (Å²) >= 11 is 3.69. The molecule has 0 bridgehead atoms. The maximum absolute atomic E-state index is 4.99. The molecule has 30 heavy (non-hydrogen) atoms. The van der Waals surface area contributed by atoms with Crippen molar-refractivity contribution in [2.45, 2.75) is 37.8 Å². The van der Waals surface area contributed by atoms with E-state index in [1.54, 1.807) is 11.3 Å². The van der Waals surface area contributed by atoms with Gasteiger partial charge < -0.3 is 4.90 Å². The summed E-state index contributed by atoms with van der Waals surface area (Å²) in [4.78, 5) is 7.29. The van der Waals surface area contributed by atoms with Gasteiger partial charge in [0.2, 0.25) is 0 Å². The number of unbranched alkanes of at least 4 members (excludes halogenated alkanes) is 1. The van der Waals surface area contributed by atoms with Crippen molar-refractivity contribution < 1.29 is 0 Å². The number of thioether (sulfide) groups is 1. The molecule has 0 amide bonds.